The third-order valence-corrected chi connectivity index (χ3v) is 6.10. The van der Waals surface area contributed by atoms with Gasteiger partial charge >= 0.3 is 6.36 Å². The summed E-state index contributed by atoms with van der Waals surface area (Å²) in [5.41, 5.74) is 2.18. The number of carbonyl (C=O) groups is 1. The first kappa shape index (κ1) is 23.7. The molecule has 0 spiro atoms. The maximum Gasteiger partial charge on any atom is 0.573 e. The topological polar surface area (TPSA) is 123 Å². The van der Waals surface area contributed by atoms with E-state index in [9.17, 15) is 28.1 Å². The predicted molar refractivity (Wildman–Crippen MR) is 120 cm³/mol. The molecule has 188 valence electrons. The number of pyridine rings is 1. The second-order valence-corrected chi connectivity index (χ2v) is 8.56. The van der Waals surface area contributed by atoms with Crippen molar-refractivity contribution in [1.82, 2.24) is 19.9 Å². The van der Waals surface area contributed by atoms with Crippen molar-refractivity contribution in [3.63, 3.8) is 0 Å². The molecule has 2 aromatic heterocycles. The molecule has 5 rings (SSSR count). The Morgan fingerprint density at radius 3 is 2.75 bits per heavy atom. The number of hydrogen-bond donors (Lipinski definition) is 1. The zero-order chi connectivity index (χ0) is 25.4. The zero-order valence-electron chi connectivity index (χ0n) is 18.7. The van der Waals surface area contributed by atoms with Gasteiger partial charge in [-0.25, -0.2) is 9.97 Å². The first-order valence-corrected chi connectivity index (χ1v) is 11.1. The highest BCUT2D eigenvalue weighted by atomic mass is 19.4. The number of aromatic nitrogens is 3. The first-order chi connectivity index (χ1) is 17.2. The predicted octanol–water partition coefficient (Wildman–Crippen LogP) is 3.88. The van der Waals surface area contributed by atoms with Crippen LogP contribution in [0.4, 0.5) is 18.9 Å². The highest BCUT2D eigenvalue weighted by Gasteiger charge is 2.33. The summed E-state index contributed by atoms with van der Waals surface area (Å²) in [6.07, 6.45) is -0.253. The van der Waals surface area contributed by atoms with Crippen LogP contribution in [-0.2, 0) is 11.2 Å². The number of nitro benzene ring substituents is 1. The third kappa shape index (κ3) is 4.87. The van der Waals surface area contributed by atoms with Gasteiger partial charge < -0.3 is 19.4 Å². The average molecular weight is 503 g/mol. The molecular weight excluding hydrogens is 483 g/mol. The average Bonchev–Trinajstić information content (AvgIpc) is 3.23. The number of H-pyrrole nitrogens is 1. The minimum atomic E-state index is -5.01. The molecule has 1 N–H and O–H groups in total. The Labute approximate surface area is 201 Å². The number of hydrogen-bond acceptors (Lipinski definition) is 7. The molecule has 4 heterocycles. The highest BCUT2D eigenvalue weighted by molar-refractivity contribution is 5.99. The van der Waals surface area contributed by atoms with E-state index < -0.39 is 28.6 Å². The van der Waals surface area contributed by atoms with E-state index in [2.05, 4.69) is 14.7 Å². The third-order valence-electron chi connectivity index (χ3n) is 6.10. The number of amides is 1. The molecule has 2 aliphatic heterocycles. The molecule has 0 saturated carbocycles. The van der Waals surface area contributed by atoms with Gasteiger partial charge in [-0.1, -0.05) is 6.08 Å². The van der Waals surface area contributed by atoms with E-state index in [1.807, 2.05) is 12.1 Å². The molecule has 0 aliphatic carbocycles. The van der Waals surface area contributed by atoms with E-state index in [0.29, 0.717) is 37.3 Å². The van der Waals surface area contributed by atoms with E-state index in [0.717, 1.165) is 41.0 Å². The van der Waals surface area contributed by atoms with E-state index in [1.165, 1.54) is 4.90 Å². The lowest BCUT2D eigenvalue weighted by Gasteiger charge is -2.26. The van der Waals surface area contributed by atoms with Crippen LogP contribution in [0.5, 0.6) is 5.75 Å². The van der Waals surface area contributed by atoms with Crippen LogP contribution in [0, 0.1) is 16.0 Å². The van der Waals surface area contributed by atoms with Gasteiger partial charge in [-0.15, -0.1) is 13.2 Å². The van der Waals surface area contributed by atoms with Gasteiger partial charge in [0.05, 0.1) is 24.2 Å². The van der Waals surface area contributed by atoms with Gasteiger partial charge in [-0.2, -0.15) is 0 Å². The van der Waals surface area contributed by atoms with Crippen LogP contribution in [0.3, 0.4) is 0 Å². The minimum absolute atomic E-state index is 0.173. The van der Waals surface area contributed by atoms with Crippen molar-refractivity contribution in [2.45, 2.75) is 19.2 Å². The number of ether oxygens (including phenoxy) is 2. The van der Waals surface area contributed by atoms with Crippen molar-refractivity contribution in [1.29, 1.82) is 0 Å². The standard InChI is InChI=1S/C23H20F3N5O5/c24-23(25,26)36-15-1-2-17(18(10-15)31(33)34)22(32)30-7-4-14(5-8-30)16-3-6-27-21-20(16)28-19(29-21)9-13-11-35-12-13/h1-4,6,10,13H,5,7-9,11-12H2,(H,27,28,29). The number of nitro groups is 1. The van der Waals surface area contributed by atoms with Crippen LogP contribution in [-0.4, -0.2) is 63.3 Å². The number of imidazole rings is 1. The lowest BCUT2D eigenvalue weighted by Crippen LogP contribution is -2.35. The zero-order valence-corrected chi connectivity index (χ0v) is 18.7. The Balaban J connectivity index is 1.35. The molecule has 0 radical (unpaired) electrons. The molecular formula is C23H20F3N5O5. The number of rotatable bonds is 6. The summed E-state index contributed by atoms with van der Waals surface area (Å²) in [6.45, 7) is 1.86. The van der Waals surface area contributed by atoms with Gasteiger partial charge in [0.2, 0.25) is 0 Å². The molecule has 2 aliphatic rings. The summed E-state index contributed by atoms with van der Waals surface area (Å²) in [6, 6.07) is 4.32. The van der Waals surface area contributed by atoms with Crippen LogP contribution in [0.15, 0.2) is 36.5 Å². The van der Waals surface area contributed by atoms with E-state index in [1.54, 1.807) is 6.20 Å². The van der Waals surface area contributed by atoms with Crippen LogP contribution in [0.1, 0.15) is 28.2 Å². The Bertz CT molecular complexity index is 1370. The summed E-state index contributed by atoms with van der Waals surface area (Å²) < 4.78 is 46.4. The molecule has 3 aromatic rings. The van der Waals surface area contributed by atoms with Gasteiger partial charge in [0.25, 0.3) is 11.6 Å². The highest BCUT2D eigenvalue weighted by Crippen LogP contribution is 2.32. The fraction of sp³-hybridized carbons (Fsp3) is 0.348. The lowest BCUT2D eigenvalue weighted by atomic mass is 9.99. The number of nitrogens with one attached hydrogen (secondary N) is 1. The summed E-state index contributed by atoms with van der Waals surface area (Å²) >= 11 is 0. The molecule has 1 fully saturated rings. The van der Waals surface area contributed by atoms with Crippen LogP contribution < -0.4 is 4.74 Å². The van der Waals surface area contributed by atoms with Crippen LogP contribution in [0.2, 0.25) is 0 Å². The van der Waals surface area contributed by atoms with Crippen molar-refractivity contribution in [2.75, 3.05) is 26.3 Å². The van der Waals surface area contributed by atoms with Crippen LogP contribution >= 0.6 is 0 Å². The van der Waals surface area contributed by atoms with Crippen molar-refractivity contribution in [3.05, 3.63) is 63.6 Å². The lowest BCUT2D eigenvalue weighted by molar-refractivity contribution is -0.385. The largest absolute Gasteiger partial charge is 0.573 e. The number of alkyl halides is 3. The number of halogens is 3. The fourth-order valence-electron chi connectivity index (χ4n) is 4.30. The number of fused-ring (bicyclic) bond motifs is 1. The van der Waals surface area contributed by atoms with Crippen molar-refractivity contribution in [2.24, 2.45) is 5.92 Å². The van der Waals surface area contributed by atoms with E-state index in [-0.39, 0.29) is 18.7 Å². The van der Waals surface area contributed by atoms with Gasteiger partial charge in [-0.05, 0) is 30.2 Å². The second-order valence-electron chi connectivity index (χ2n) is 8.56. The Kier molecular flexibility index (Phi) is 6.08. The molecule has 1 amide bonds. The second kappa shape index (κ2) is 9.22. The maximum atomic E-state index is 13.0. The Morgan fingerprint density at radius 1 is 1.31 bits per heavy atom. The summed E-state index contributed by atoms with van der Waals surface area (Å²) in [4.78, 5) is 37.3. The summed E-state index contributed by atoms with van der Waals surface area (Å²) in [5.74, 6) is -0.158. The molecule has 36 heavy (non-hydrogen) atoms. The smallest absolute Gasteiger partial charge is 0.406 e. The maximum absolute atomic E-state index is 13.0. The number of benzene rings is 1. The SMILES string of the molecule is O=C(c1ccc(OC(F)(F)F)cc1[N+](=O)[O-])N1CC=C(c2ccnc3[nH]c(CC4COC4)nc23)CC1. The van der Waals surface area contributed by atoms with Gasteiger partial charge in [-0.3, -0.25) is 14.9 Å². The van der Waals surface area contributed by atoms with Gasteiger partial charge in [0.1, 0.15) is 22.7 Å². The van der Waals surface area contributed by atoms with E-state index in [4.69, 9.17) is 9.72 Å². The van der Waals surface area contributed by atoms with Crippen molar-refractivity contribution in [3.8, 4) is 5.75 Å². The van der Waals surface area contributed by atoms with Gasteiger partial charge in [0, 0.05) is 37.2 Å². The Hall–Kier alpha value is -4.00. The van der Waals surface area contributed by atoms with Crippen molar-refractivity contribution < 1.29 is 32.4 Å². The normalized spacial score (nSPS) is 16.5. The molecule has 1 saturated heterocycles. The quantitative estimate of drug-likeness (QED) is 0.400. The molecule has 0 atom stereocenters. The Morgan fingerprint density at radius 2 is 2.11 bits per heavy atom. The monoisotopic (exact) mass is 503 g/mol. The van der Waals surface area contributed by atoms with Crippen LogP contribution in [0.25, 0.3) is 16.7 Å². The van der Waals surface area contributed by atoms with E-state index >= 15 is 0 Å². The molecule has 13 heteroatoms. The summed E-state index contributed by atoms with van der Waals surface area (Å²) in [7, 11) is 0. The number of carbonyl (C=O) groups excluding carboxylic acids is 1. The minimum Gasteiger partial charge on any atom is -0.406 e. The number of aromatic amines is 1. The fourth-order valence-corrected chi connectivity index (χ4v) is 4.30. The molecule has 1 aromatic carbocycles. The molecule has 10 nitrogen and oxygen atoms in total. The molecule has 0 bridgehead atoms. The van der Waals surface area contributed by atoms with Crippen molar-refractivity contribution >= 4 is 28.3 Å². The number of nitrogens with zero attached hydrogens (tertiary/aromatic N) is 4. The summed E-state index contributed by atoms with van der Waals surface area (Å²) in [5, 5.41) is 11.4. The first-order valence-electron chi connectivity index (χ1n) is 11.1. The van der Waals surface area contributed by atoms with Gasteiger partial charge in [0.15, 0.2) is 5.65 Å². The molecule has 0 unspecified atom stereocenters.